The summed E-state index contributed by atoms with van der Waals surface area (Å²) in [5, 5.41) is 2.67. The van der Waals surface area contributed by atoms with E-state index in [2.05, 4.69) is 19.2 Å². The molecule has 1 aromatic carbocycles. The van der Waals surface area contributed by atoms with Crippen LogP contribution in [-0.4, -0.2) is 39.0 Å². The Kier molecular flexibility index (Phi) is 8.25. The van der Waals surface area contributed by atoms with Crippen molar-refractivity contribution in [1.29, 1.82) is 0 Å². The first-order valence-corrected chi connectivity index (χ1v) is 10.2. The van der Waals surface area contributed by atoms with Crippen LogP contribution >= 0.6 is 0 Å². The largest absolute Gasteiger partial charge is 0.493 e. The first-order valence-electron chi connectivity index (χ1n) is 8.37. The number of nitrogens with one attached hydrogen (secondary N) is 1. The molecule has 5 nitrogen and oxygen atoms in total. The van der Waals surface area contributed by atoms with Gasteiger partial charge < -0.3 is 10.1 Å². The molecule has 1 aromatic rings. The second-order valence-electron chi connectivity index (χ2n) is 6.90. The van der Waals surface area contributed by atoms with Gasteiger partial charge in [-0.05, 0) is 36.0 Å². The minimum atomic E-state index is -3.32. The molecule has 1 N–H and O–H groups in total. The number of sulfone groups is 1. The van der Waals surface area contributed by atoms with Gasteiger partial charge in [0.15, 0.2) is 9.84 Å². The molecular weight excluding hydrogens is 326 g/mol. The molecule has 0 aliphatic rings. The van der Waals surface area contributed by atoms with Crippen molar-refractivity contribution in [3.05, 3.63) is 29.8 Å². The summed E-state index contributed by atoms with van der Waals surface area (Å²) in [7, 11) is -3.32. The average Bonchev–Trinajstić information content (AvgIpc) is 2.44. The molecule has 0 bridgehead atoms. The van der Waals surface area contributed by atoms with Gasteiger partial charge in [0.05, 0.1) is 12.4 Å². The van der Waals surface area contributed by atoms with Gasteiger partial charge in [0.2, 0.25) is 5.91 Å². The lowest BCUT2D eigenvalue weighted by atomic mass is 10.1. The number of hydrogen-bond acceptors (Lipinski definition) is 4. The minimum Gasteiger partial charge on any atom is -0.493 e. The summed E-state index contributed by atoms with van der Waals surface area (Å²) < 4.78 is 29.1. The molecule has 0 aliphatic carbocycles. The van der Waals surface area contributed by atoms with E-state index >= 15 is 0 Å². The fourth-order valence-electron chi connectivity index (χ4n) is 2.18. The first kappa shape index (κ1) is 20.5. The SMILES string of the molecule is CC(C)COc1ccc(CCNC(=O)CS(=O)(=O)CC(C)C)cc1. The summed E-state index contributed by atoms with van der Waals surface area (Å²) in [6.07, 6.45) is 0.653. The molecule has 0 fully saturated rings. The summed E-state index contributed by atoms with van der Waals surface area (Å²) in [6.45, 7) is 8.94. The van der Waals surface area contributed by atoms with E-state index < -0.39 is 21.5 Å². The van der Waals surface area contributed by atoms with Crippen LogP contribution in [0.25, 0.3) is 0 Å². The molecule has 0 spiro atoms. The molecule has 0 saturated heterocycles. The van der Waals surface area contributed by atoms with E-state index in [1.165, 1.54) is 0 Å². The van der Waals surface area contributed by atoms with Gasteiger partial charge in [-0.25, -0.2) is 8.42 Å². The van der Waals surface area contributed by atoms with Gasteiger partial charge in [-0.1, -0.05) is 39.8 Å². The molecule has 6 heteroatoms. The molecule has 0 radical (unpaired) electrons. The Morgan fingerprint density at radius 2 is 1.71 bits per heavy atom. The van der Waals surface area contributed by atoms with Gasteiger partial charge in [-0.15, -0.1) is 0 Å². The highest BCUT2D eigenvalue weighted by Gasteiger charge is 2.17. The van der Waals surface area contributed by atoms with E-state index in [-0.39, 0.29) is 11.7 Å². The number of amides is 1. The standard InChI is InChI=1S/C18H29NO4S/c1-14(2)11-23-17-7-5-16(6-8-17)9-10-19-18(20)13-24(21,22)12-15(3)4/h5-8,14-15H,9-13H2,1-4H3,(H,19,20). The van der Waals surface area contributed by atoms with Crippen molar-refractivity contribution in [3.8, 4) is 5.75 Å². The van der Waals surface area contributed by atoms with Crippen molar-refractivity contribution >= 4 is 15.7 Å². The third-order valence-electron chi connectivity index (χ3n) is 3.18. The molecule has 0 unspecified atom stereocenters. The van der Waals surface area contributed by atoms with Crippen LogP contribution in [0.3, 0.4) is 0 Å². The van der Waals surface area contributed by atoms with Crippen molar-refractivity contribution in [2.24, 2.45) is 11.8 Å². The summed E-state index contributed by atoms with van der Waals surface area (Å²) in [4.78, 5) is 11.7. The van der Waals surface area contributed by atoms with Crippen LogP contribution in [0.5, 0.6) is 5.75 Å². The molecule has 24 heavy (non-hydrogen) atoms. The number of carbonyl (C=O) groups is 1. The molecule has 0 atom stereocenters. The topological polar surface area (TPSA) is 72.5 Å². The van der Waals surface area contributed by atoms with Gasteiger partial charge in [-0.2, -0.15) is 0 Å². The van der Waals surface area contributed by atoms with Crippen LogP contribution in [0, 0.1) is 11.8 Å². The highest BCUT2D eigenvalue weighted by molar-refractivity contribution is 7.92. The number of carbonyl (C=O) groups excluding carboxylic acids is 1. The third kappa shape index (κ3) is 8.91. The normalized spacial score (nSPS) is 11.8. The van der Waals surface area contributed by atoms with Crippen molar-refractivity contribution in [3.63, 3.8) is 0 Å². The molecule has 1 amide bonds. The summed E-state index contributed by atoms with van der Waals surface area (Å²) in [6, 6.07) is 7.73. The molecule has 0 heterocycles. The zero-order valence-corrected chi connectivity index (χ0v) is 15.9. The number of benzene rings is 1. The highest BCUT2D eigenvalue weighted by Crippen LogP contribution is 2.13. The van der Waals surface area contributed by atoms with Crippen molar-refractivity contribution in [1.82, 2.24) is 5.32 Å². The van der Waals surface area contributed by atoms with Crippen LogP contribution in [0.1, 0.15) is 33.3 Å². The zero-order chi connectivity index (χ0) is 18.2. The fraction of sp³-hybridized carbons (Fsp3) is 0.611. The summed E-state index contributed by atoms with van der Waals surface area (Å²) in [5.41, 5.74) is 1.07. The maximum absolute atomic E-state index is 11.8. The van der Waals surface area contributed by atoms with Crippen molar-refractivity contribution in [2.75, 3.05) is 24.7 Å². The van der Waals surface area contributed by atoms with E-state index in [0.717, 1.165) is 11.3 Å². The van der Waals surface area contributed by atoms with Crippen LogP contribution in [-0.2, 0) is 21.1 Å². The Morgan fingerprint density at radius 1 is 1.08 bits per heavy atom. The van der Waals surface area contributed by atoms with E-state index in [0.29, 0.717) is 25.5 Å². The molecule has 0 aromatic heterocycles. The van der Waals surface area contributed by atoms with Crippen LogP contribution in [0.2, 0.25) is 0 Å². The van der Waals surface area contributed by atoms with E-state index in [1.807, 2.05) is 38.1 Å². The van der Waals surface area contributed by atoms with Gasteiger partial charge in [0, 0.05) is 6.54 Å². The van der Waals surface area contributed by atoms with E-state index in [4.69, 9.17) is 4.74 Å². The quantitative estimate of drug-likeness (QED) is 0.700. The Balaban J connectivity index is 2.35. The lowest BCUT2D eigenvalue weighted by molar-refractivity contribution is -0.118. The lowest BCUT2D eigenvalue weighted by Crippen LogP contribution is -2.33. The highest BCUT2D eigenvalue weighted by atomic mass is 32.2. The average molecular weight is 356 g/mol. The van der Waals surface area contributed by atoms with Gasteiger partial charge in [0.25, 0.3) is 0 Å². The molecule has 1 rings (SSSR count). The second kappa shape index (κ2) is 9.67. The number of hydrogen-bond donors (Lipinski definition) is 1. The van der Waals surface area contributed by atoms with Crippen LogP contribution in [0.4, 0.5) is 0 Å². The molecule has 136 valence electrons. The van der Waals surface area contributed by atoms with Gasteiger partial charge >= 0.3 is 0 Å². The number of ether oxygens (including phenoxy) is 1. The maximum Gasteiger partial charge on any atom is 0.235 e. The Labute approximate surface area is 145 Å². The van der Waals surface area contributed by atoms with E-state index in [9.17, 15) is 13.2 Å². The van der Waals surface area contributed by atoms with Crippen LogP contribution in [0.15, 0.2) is 24.3 Å². The monoisotopic (exact) mass is 355 g/mol. The van der Waals surface area contributed by atoms with Gasteiger partial charge in [-0.3, -0.25) is 4.79 Å². The van der Waals surface area contributed by atoms with Crippen molar-refractivity contribution < 1.29 is 17.9 Å². The fourth-order valence-corrected chi connectivity index (χ4v) is 3.81. The lowest BCUT2D eigenvalue weighted by Gasteiger charge is -2.10. The molecular formula is C18H29NO4S. The molecule has 0 saturated carbocycles. The smallest absolute Gasteiger partial charge is 0.235 e. The Hall–Kier alpha value is -1.56. The predicted molar refractivity (Wildman–Crippen MR) is 97.0 cm³/mol. The Bertz CT molecular complexity index is 606. The zero-order valence-electron chi connectivity index (χ0n) is 15.0. The van der Waals surface area contributed by atoms with Crippen LogP contribution < -0.4 is 10.1 Å². The minimum absolute atomic E-state index is 0.0271. The summed E-state index contributed by atoms with van der Waals surface area (Å²) >= 11 is 0. The maximum atomic E-state index is 11.8. The third-order valence-corrected chi connectivity index (χ3v) is 5.06. The first-order chi connectivity index (χ1) is 11.2. The molecule has 0 aliphatic heterocycles. The summed E-state index contributed by atoms with van der Waals surface area (Å²) in [5.74, 6) is 0.501. The predicted octanol–water partition coefficient (Wildman–Crippen LogP) is 2.45. The second-order valence-corrected chi connectivity index (χ2v) is 9.01. The Morgan fingerprint density at radius 3 is 2.25 bits per heavy atom. The van der Waals surface area contributed by atoms with E-state index in [1.54, 1.807) is 0 Å². The van der Waals surface area contributed by atoms with Crippen molar-refractivity contribution in [2.45, 2.75) is 34.1 Å². The number of rotatable bonds is 10. The van der Waals surface area contributed by atoms with Gasteiger partial charge in [0.1, 0.15) is 11.5 Å².